The molecule has 0 aromatic heterocycles. The molecule has 5 nitrogen and oxygen atoms in total. The molecule has 6 heteroatoms. The van der Waals surface area contributed by atoms with Gasteiger partial charge >= 0.3 is 0 Å². The number of aliphatic imine (C=N–C) groups is 4. The van der Waals surface area contributed by atoms with Crippen molar-refractivity contribution in [3.8, 4) is 0 Å². The SMILES string of the molecule is O.S=C1N=CN=C2N=CN=C12. The third kappa shape index (κ3) is 1.13. The molecule has 0 aromatic carbocycles. The number of nitrogens with zero attached hydrogens (tertiary/aromatic N) is 4. The van der Waals surface area contributed by atoms with Crippen molar-refractivity contribution in [1.82, 2.24) is 0 Å². The van der Waals surface area contributed by atoms with Crippen molar-refractivity contribution >= 4 is 41.4 Å². The minimum atomic E-state index is 0. The highest BCUT2D eigenvalue weighted by atomic mass is 32.1. The number of fused-ring (bicyclic) bond motifs is 1. The van der Waals surface area contributed by atoms with Gasteiger partial charge in [-0.2, -0.15) is 0 Å². The largest absolute Gasteiger partial charge is 0.412 e. The van der Waals surface area contributed by atoms with E-state index < -0.39 is 0 Å². The molecule has 0 aliphatic carbocycles. The van der Waals surface area contributed by atoms with Crippen LogP contribution >= 0.6 is 12.2 Å². The van der Waals surface area contributed by atoms with Gasteiger partial charge in [0.2, 0.25) is 0 Å². The molecule has 0 radical (unpaired) electrons. The van der Waals surface area contributed by atoms with Crippen LogP contribution in [0, 0.1) is 0 Å². The summed E-state index contributed by atoms with van der Waals surface area (Å²) in [5.41, 5.74) is 0.609. The lowest BCUT2D eigenvalue weighted by Crippen LogP contribution is -2.20. The molecule has 0 aromatic rings. The quantitative estimate of drug-likeness (QED) is 0.445. The first-order chi connectivity index (χ1) is 4.88. The van der Waals surface area contributed by atoms with Gasteiger partial charge in [-0.05, 0) is 0 Å². The Morgan fingerprint density at radius 2 is 1.82 bits per heavy atom. The molecule has 2 aliphatic heterocycles. The maximum atomic E-state index is 4.85. The Kier molecular flexibility index (Phi) is 1.97. The molecule has 56 valence electrons. The van der Waals surface area contributed by atoms with E-state index in [4.69, 9.17) is 12.2 Å². The fraction of sp³-hybridized carbons (Fsp3) is 0. The third-order valence-electron chi connectivity index (χ3n) is 1.14. The van der Waals surface area contributed by atoms with Crippen molar-refractivity contribution in [3.63, 3.8) is 0 Å². The number of hydrogen-bond acceptors (Lipinski definition) is 4. The van der Waals surface area contributed by atoms with Gasteiger partial charge in [0, 0.05) is 0 Å². The van der Waals surface area contributed by atoms with Gasteiger partial charge in [-0.1, -0.05) is 12.2 Å². The fourth-order valence-electron chi connectivity index (χ4n) is 0.703. The van der Waals surface area contributed by atoms with Crippen LogP contribution < -0.4 is 0 Å². The topological polar surface area (TPSA) is 80.9 Å². The van der Waals surface area contributed by atoms with E-state index in [0.717, 1.165) is 0 Å². The summed E-state index contributed by atoms with van der Waals surface area (Å²) in [4.78, 5) is 15.8. The maximum absolute atomic E-state index is 4.85. The van der Waals surface area contributed by atoms with Crippen molar-refractivity contribution in [2.24, 2.45) is 20.0 Å². The van der Waals surface area contributed by atoms with Gasteiger partial charge in [-0.15, -0.1) is 0 Å². The number of thiocarbonyl (C=S) groups is 1. The minimum Gasteiger partial charge on any atom is -0.412 e. The summed E-state index contributed by atoms with van der Waals surface area (Å²) in [6.45, 7) is 0. The Hall–Kier alpha value is -1.27. The Balaban J connectivity index is 0.000000605. The van der Waals surface area contributed by atoms with E-state index in [9.17, 15) is 0 Å². The molecule has 2 rings (SSSR count). The molecule has 2 aliphatic rings. The van der Waals surface area contributed by atoms with E-state index in [0.29, 0.717) is 16.5 Å². The summed E-state index contributed by atoms with van der Waals surface area (Å²) in [6, 6.07) is 0. The second kappa shape index (κ2) is 2.77. The lowest BCUT2D eigenvalue weighted by Gasteiger charge is -1.99. The minimum absolute atomic E-state index is 0. The molecule has 0 bridgehead atoms. The lowest BCUT2D eigenvalue weighted by atomic mass is 10.3. The monoisotopic (exact) mass is 168 g/mol. The zero-order chi connectivity index (χ0) is 6.97. The Labute approximate surface area is 67.6 Å². The predicted molar refractivity (Wildman–Crippen MR) is 48.1 cm³/mol. The smallest absolute Gasteiger partial charge is 0.184 e. The van der Waals surface area contributed by atoms with Crippen molar-refractivity contribution in [1.29, 1.82) is 0 Å². The van der Waals surface area contributed by atoms with E-state index in [2.05, 4.69) is 20.0 Å². The normalized spacial score (nSPS) is 18.7. The molecule has 0 saturated carbocycles. The average Bonchev–Trinajstić information content (AvgIpc) is 2.36. The zero-order valence-electron chi connectivity index (χ0n) is 5.35. The van der Waals surface area contributed by atoms with E-state index in [1.54, 1.807) is 0 Å². The van der Waals surface area contributed by atoms with Crippen LogP contribution in [0.25, 0.3) is 0 Å². The van der Waals surface area contributed by atoms with Crippen LogP contribution in [-0.4, -0.2) is 34.7 Å². The summed E-state index contributed by atoms with van der Waals surface area (Å²) in [6.07, 6.45) is 2.81. The molecule has 0 unspecified atom stereocenters. The number of amidine groups is 1. The van der Waals surface area contributed by atoms with E-state index in [1.165, 1.54) is 12.7 Å². The van der Waals surface area contributed by atoms with E-state index >= 15 is 0 Å². The van der Waals surface area contributed by atoms with Crippen LogP contribution in [0.15, 0.2) is 20.0 Å². The van der Waals surface area contributed by atoms with Crippen molar-refractivity contribution in [2.75, 3.05) is 0 Å². The predicted octanol–water partition coefficient (Wildman–Crippen LogP) is -0.588. The van der Waals surface area contributed by atoms with Gasteiger partial charge in [0.05, 0.1) is 0 Å². The molecule has 0 saturated heterocycles. The summed E-state index contributed by atoms with van der Waals surface area (Å²) in [5, 5.41) is 0. The summed E-state index contributed by atoms with van der Waals surface area (Å²) in [5.74, 6) is 0.569. The van der Waals surface area contributed by atoms with Gasteiger partial charge in [0.15, 0.2) is 10.8 Å². The molecular weight excluding hydrogens is 164 g/mol. The van der Waals surface area contributed by atoms with E-state index in [-0.39, 0.29) is 5.48 Å². The highest BCUT2D eigenvalue weighted by Crippen LogP contribution is 2.01. The van der Waals surface area contributed by atoms with Gasteiger partial charge in [-0.3, -0.25) is 0 Å². The maximum Gasteiger partial charge on any atom is 0.184 e. The first kappa shape index (κ1) is 7.83. The standard InChI is InChI=1S/C5H2N4S.H2O/c10-5-3-4(7-1-6-3)8-2-9-5;/h1-2H;1H2. The lowest BCUT2D eigenvalue weighted by molar-refractivity contribution is 0.824. The van der Waals surface area contributed by atoms with Gasteiger partial charge in [0.25, 0.3) is 0 Å². The van der Waals surface area contributed by atoms with Gasteiger partial charge in [-0.25, -0.2) is 20.0 Å². The number of hydrogen-bond donors (Lipinski definition) is 0. The summed E-state index contributed by atoms with van der Waals surface area (Å²) in [7, 11) is 0. The molecule has 0 fully saturated rings. The van der Waals surface area contributed by atoms with Crippen LogP contribution in [0.4, 0.5) is 0 Å². The Morgan fingerprint density at radius 1 is 1.09 bits per heavy atom. The third-order valence-corrected chi connectivity index (χ3v) is 1.44. The molecule has 2 N–H and O–H groups in total. The number of rotatable bonds is 0. The van der Waals surface area contributed by atoms with Gasteiger partial charge < -0.3 is 5.48 Å². The molecular formula is C5H4N4OS. The van der Waals surface area contributed by atoms with Crippen molar-refractivity contribution in [2.45, 2.75) is 0 Å². The first-order valence-electron chi connectivity index (χ1n) is 2.63. The van der Waals surface area contributed by atoms with Crippen LogP contribution in [-0.2, 0) is 0 Å². The van der Waals surface area contributed by atoms with Crippen molar-refractivity contribution in [3.05, 3.63) is 0 Å². The Morgan fingerprint density at radius 3 is 2.55 bits per heavy atom. The van der Waals surface area contributed by atoms with Crippen molar-refractivity contribution < 1.29 is 5.48 Å². The van der Waals surface area contributed by atoms with Crippen LogP contribution in [0.3, 0.4) is 0 Å². The highest BCUT2D eigenvalue weighted by Gasteiger charge is 2.18. The van der Waals surface area contributed by atoms with E-state index in [1.807, 2.05) is 0 Å². The first-order valence-corrected chi connectivity index (χ1v) is 3.04. The molecule has 0 atom stereocenters. The van der Waals surface area contributed by atoms with Crippen LogP contribution in [0.5, 0.6) is 0 Å². The average molecular weight is 168 g/mol. The zero-order valence-corrected chi connectivity index (χ0v) is 6.17. The molecule has 2 heterocycles. The molecule has 0 spiro atoms. The van der Waals surface area contributed by atoms with Gasteiger partial charge in [0.1, 0.15) is 18.4 Å². The highest BCUT2D eigenvalue weighted by molar-refractivity contribution is 7.82. The molecule has 11 heavy (non-hydrogen) atoms. The second-order valence-corrected chi connectivity index (χ2v) is 2.11. The summed E-state index contributed by atoms with van der Waals surface area (Å²) >= 11 is 4.85. The Bertz CT molecular complexity index is 308. The van der Waals surface area contributed by atoms with Crippen LogP contribution in [0.1, 0.15) is 0 Å². The second-order valence-electron chi connectivity index (χ2n) is 1.72. The fourth-order valence-corrected chi connectivity index (χ4v) is 0.894. The molecule has 0 amide bonds. The van der Waals surface area contributed by atoms with Crippen LogP contribution in [0.2, 0.25) is 0 Å². The summed E-state index contributed by atoms with van der Waals surface area (Å²) < 4.78 is 0.